The van der Waals surface area contributed by atoms with Crippen LogP contribution in [0.5, 0.6) is 17.2 Å². The molecule has 39 heavy (non-hydrogen) atoms. The SMILES string of the molecule is COc1ccccc1NC(=O)C1CC(=O)N(Cc2ccc3c(c2)OCO3)C(=Nc2cccc(C(F)(F)F)c2)S1. The number of fused-ring (bicyclic) bond motifs is 1. The lowest BCUT2D eigenvalue weighted by molar-refractivity contribution is -0.137. The largest absolute Gasteiger partial charge is 0.495 e. The molecule has 1 N–H and O–H groups in total. The van der Waals surface area contributed by atoms with Crippen LogP contribution in [-0.2, 0) is 22.3 Å². The number of amides is 2. The number of anilines is 1. The van der Waals surface area contributed by atoms with Crippen molar-refractivity contribution in [3.05, 3.63) is 77.9 Å². The van der Waals surface area contributed by atoms with Crippen molar-refractivity contribution >= 4 is 40.1 Å². The fourth-order valence-corrected chi connectivity index (χ4v) is 5.14. The van der Waals surface area contributed by atoms with E-state index in [-0.39, 0.29) is 30.6 Å². The Hall–Kier alpha value is -4.19. The van der Waals surface area contributed by atoms with Crippen LogP contribution in [-0.4, -0.2) is 41.0 Å². The van der Waals surface area contributed by atoms with Crippen molar-refractivity contribution in [1.29, 1.82) is 0 Å². The maximum absolute atomic E-state index is 13.3. The van der Waals surface area contributed by atoms with Gasteiger partial charge in [-0.1, -0.05) is 36.0 Å². The monoisotopic (exact) mass is 557 g/mol. The van der Waals surface area contributed by atoms with Crippen molar-refractivity contribution in [2.45, 2.75) is 24.4 Å². The summed E-state index contributed by atoms with van der Waals surface area (Å²) in [4.78, 5) is 32.3. The predicted molar refractivity (Wildman–Crippen MR) is 139 cm³/mol. The van der Waals surface area contributed by atoms with Crippen LogP contribution in [0.3, 0.4) is 0 Å². The minimum atomic E-state index is -4.56. The van der Waals surface area contributed by atoms with Gasteiger partial charge in [-0.05, 0) is 48.0 Å². The molecule has 12 heteroatoms. The summed E-state index contributed by atoms with van der Waals surface area (Å²) in [5.41, 5.74) is 0.255. The van der Waals surface area contributed by atoms with Crippen molar-refractivity contribution in [2.24, 2.45) is 4.99 Å². The van der Waals surface area contributed by atoms with Crippen LogP contribution >= 0.6 is 11.8 Å². The molecule has 1 atom stereocenters. The predicted octanol–water partition coefficient (Wildman–Crippen LogP) is 5.60. The number of amidine groups is 1. The lowest BCUT2D eigenvalue weighted by Crippen LogP contribution is -2.44. The van der Waals surface area contributed by atoms with Gasteiger partial charge in [0.2, 0.25) is 18.6 Å². The van der Waals surface area contributed by atoms with Gasteiger partial charge < -0.3 is 19.5 Å². The summed E-state index contributed by atoms with van der Waals surface area (Å²) in [6, 6.07) is 16.5. The van der Waals surface area contributed by atoms with E-state index in [1.165, 1.54) is 24.1 Å². The number of ether oxygens (including phenoxy) is 3. The molecule has 1 fully saturated rings. The molecular formula is C27H22F3N3O5S. The Labute approximate surface area is 225 Å². The Balaban J connectivity index is 1.45. The normalized spacial score (nSPS) is 17.8. The third kappa shape index (κ3) is 5.95. The Morgan fingerprint density at radius 1 is 1.10 bits per heavy atom. The molecule has 3 aromatic rings. The fraction of sp³-hybridized carbons (Fsp3) is 0.222. The summed E-state index contributed by atoms with van der Waals surface area (Å²) >= 11 is 1.00. The minimum Gasteiger partial charge on any atom is -0.495 e. The first-order valence-corrected chi connectivity index (χ1v) is 12.6. The lowest BCUT2D eigenvalue weighted by Gasteiger charge is -2.32. The summed E-state index contributed by atoms with van der Waals surface area (Å²) in [5, 5.41) is 1.99. The smallest absolute Gasteiger partial charge is 0.416 e. The molecule has 1 saturated heterocycles. The first-order valence-electron chi connectivity index (χ1n) is 11.8. The molecule has 0 aromatic heterocycles. The van der Waals surface area contributed by atoms with Crippen molar-refractivity contribution in [2.75, 3.05) is 19.2 Å². The summed E-state index contributed by atoms with van der Waals surface area (Å²) in [6.07, 6.45) is -4.70. The maximum Gasteiger partial charge on any atom is 0.416 e. The number of benzene rings is 3. The standard InChI is InChI=1S/C27H22F3N3O5S/c1-36-20-8-3-2-7-19(20)32-25(35)23-13-24(34)33(14-16-9-10-21-22(11-16)38-15-37-21)26(39-23)31-18-6-4-5-17(12-18)27(28,29)30/h2-12,23H,13-15H2,1H3,(H,32,35). The highest BCUT2D eigenvalue weighted by atomic mass is 32.2. The molecule has 0 bridgehead atoms. The van der Waals surface area contributed by atoms with Gasteiger partial charge in [-0.25, -0.2) is 4.99 Å². The molecule has 2 amide bonds. The quantitative estimate of drug-likeness (QED) is 0.424. The molecule has 2 aliphatic heterocycles. The number of halogens is 3. The molecule has 202 valence electrons. The van der Waals surface area contributed by atoms with Crippen LogP contribution in [0.25, 0.3) is 0 Å². The Morgan fingerprint density at radius 2 is 1.90 bits per heavy atom. The molecule has 8 nitrogen and oxygen atoms in total. The van der Waals surface area contributed by atoms with Gasteiger partial charge in [0.1, 0.15) is 11.0 Å². The molecule has 0 aliphatic carbocycles. The van der Waals surface area contributed by atoms with Crippen molar-refractivity contribution < 1.29 is 37.0 Å². The van der Waals surface area contributed by atoms with Crippen molar-refractivity contribution in [1.82, 2.24) is 4.90 Å². The Morgan fingerprint density at radius 3 is 2.69 bits per heavy atom. The van der Waals surface area contributed by atoms with Gasteiger partial charge in [-0.2, -0.15) is 13.2 Å². The van der Waals surface area contributed by atoms with E-state index < -0.39 is 28.8 Å². The number of nitrogens with zero attached hydrogens (tertiary/aromatic N) is 2. The second-order valence-electron chi connectivity index (χ2n) is 8.61. The molecule has 2 aliphatic rings. The van der Waals surface area contributed by atoms with Crippen LogP contribution in [0.4, 0.5) is 24.5 Å². The zero-order valence-electron chi connectivity index (χ0n) is 20.5. The number of alkyl halides is 3. The highest BCUT2D eigenvalue weighted by Crippen LogP contribution is 2.36. The first kappa shape index (κ1) is 26.4. The third-order valence-corrected chi connectivity index (χ3v) is 7.16. The highest BCUT2D eigenvalue weighted by molar-refractivity contribution is 8.15. The molecular weight excluding hydrogens is 535 g/mol. The number of hydrogen-bond acceptors (Lipinski definition) is 7. The fourth-order valence-electron chi connectivity index (χ4n) is 4.04. The van der Waals surface area contributed by atoms with Crippen molar-refractivity contribution in [3.63, 3.8) is 0 Å². The van der Waals surface area contributed by atoms with E-state index in [1.807, 2.05) is 0 Å². The van der Waals surface area contributed by atoms with Crippen LogP contribution in [0.15, 0.2) is 71.7 Å². The third-order valence-electron chi connectivity index (χ3n) is 5.97. The number of thioether (sulfide) groups is 1. The van der Waals surface area contributed by atoms with Crippen LogP contribution in [0.1, 0.15) is 17.5 Å². The summed E-state index contributed by atoms with van der Waals surface area (Å²) in [6.45, 7) is 0.156. The number of rotatable bonds is 6. The summed E-state index contributed by atoms with van der Waals surface area (Å²) in [7, 11) is 1.47. The van der Waals surface area contributed by atoms with E-state index in [2.05, 4.69) is 10.3 Å². The summed E-state index contributed by atoms with van der Waals surface area (Å²) < 4.78 is 56.0. The van der Waals surface area contributed by atoms with Gasteiger partial charge in [-0.15, -0.1) is 0 Å². The zero-order chi connectivity index (χ0) is 27.6. The number of methoxy groups -OCH3 is 1. The van der Waals surface area contributed by atoms with E-state index in [0.29, 0.717) is 28.5 Å². The number of nitrogens with one attached hydrogen (secondary N) is 1. The topological polar surface area (TPSA) is 89.5 Å². The second kappa shape index (κ2) is 10.9. The molecule has 0 saturated carbocycles. The zero-order valence-corrected chi connectivity index (χ0v) is 21.3. The van der Waals surface area contributed by atoms with Gasteiger partial charge in [0.05, 0.1) is 30.6 Å². The minimum absolute atomic E-state index is 0.00148. The molecule has 0 spiro atoms. The Bertz CT molecular complexity index is 1450. The van der Waals surface area contributed by atoms with Crippen molar-refractivity contribution in [3.8, 4) is 17.2 Å². The van der Waals surface area contributed by atoms with Gasteiger partial charge in [0, 0.05) is 6.42 Å². The lowest BCUT2D eigenvalue weighted by atomic mass is 10.1. The maximum atomic E-state index is 13.3. The van der Waals surface area contributed by atoms with Gasteiger partial charge in [0.25, 0.3) is 0 Å². The molecule has 3 aromatic carbocycles. The average Bonchev–Trinajstić information content (AvgIpc) is 3.38. The Kier molecular flexibility index (Phi) is 7.38. The molecule has 5 rings (SSSR count). The van der Waals surface area contributed by atoms with E-state index >= 15 is 0 Å². The first-order chi connectivity index (χ1) is 18.7. The second-order valence-corrected chi connectivity index (χ2v) is 9.78. The summed E-state index contributed by atoms with van der Waals surface area (Å²) in [5.74, 6) is 0.675. The van der Waals surface area contributed by atoms with Crippen LogP contribution in [0.2, 0.25) is 0 Å². The number of carbonyl (C=O) groups excluding carboxylic acids is 2. The van der Waals surface area contributed by atoms with Gasteiger partial charge in [-0.3, -0.25) is 14.5 Å². The number of aliphatic imine (C=N–C) groups is 1. The van der Waals surface area contributed by atoms with E-state index in [1.54, 1.807) is 42.5 Å². The van der Waals surface area contributed by atoms with E-state index in [9.17, 15) is 22.8 Å². The number of para-hydroxylation sites is 2. The van der Waals surface area contributed by atoms with Gasteiger partial charge in [0.15, 0.2) is 16.7 Å². The van der Waals surface area contributed by atoms with Gasteiger partial charge >= 0.3 is 6.18 Å². The molecule has 0 radical (unpaired) electrons. The highest BCUT2D eigenvalue weighted by Gasteiger charge is 2.37. The average molecular weight is 558 g/mol. The molecule has 2 heterocycles. The van der Waals surface area contributed by atoms with Crippen LogP contribution < -0.4 is 19.5 Å². The van der Waals surface area contributed by atoms with Crippen LogP contribution in [0, 0.1) is 0 Å². The number of hydrogen-bond donors (Lipinski definition) is 1. The number of carbonyl (C=O) groups is 2. The molecule has 1 unspecified atom stereocenters. The van der Waals surface area contributed by atoms with E-state index in [4.69, 9.17) is 14.2 Å². The van der Waals surface area contributed by atoms with E-state index in [0.717, 1.165) is 23.9 Å².